The first kappa shape index (κ1) is 17.4. The molecule has 1 unspecified atom stereocenters. The maximum atomic E-state index is 14.6. The molecule has 1 aromatic carbocycles. The Morgan fingerprint density at radius 1 is 1.36 bits per heavy atom. The summed E-state index contributed by atoms with van der Waals surface area (Å²) in [4.78, 5) is 10.6. The molecule has 2 heterocycles. The van der Waals surface area contributed by atoms with Crippen LogP contribution >= 0.6 is 0 Å². The van der Waals surface area contributed by atoms with Crippen molar-refractivity contribution in [1.82, 2.24) is 4.98 Å². The van der Waals surface area contributed by atoms with E-state index in [1.165, 1.54) is 0 Å². The van der Waals surface area contributed by atoms with Gasteiger partial charge in [-0.15, -0.1) is 0 Å². The molecule has 2 aromatic rings. The molecule has 0 radical (unpaired) electrons. The van der Waals surface area contributed by atoms with E-state index in [1.54, 1.807) is 37.7 Å². The normalized spacial score (nSPS) is 19.1. The topological polar surface area (TPSA) is 37.7 Å². The predicted molar refractivity (Wildman–Crippen MR) is 100.0 cm³/mol. The van der Waals surface area contributed by atoms with Gasteiger partial charge in [-0.2, -0.15) is 0 Å². The van der Waals surface area contributed by atoms with E-state index in [4.69, 9.17) is 4.74 Å². The van der Waals surface area contributed by atoms with Crippen molar-refractivity contribution >= 4 is 17.6 Å². The molecule has 1 aliphatic heterocycles. The number of benzene rings is 1. The molecule has 132 valence electrons. The van der Waals surface area contributed by atoms with Crippen LogP contribution in [0.3, 0.4) is 0 Å². The highest BCUT2D eigenvalue weighted by Gasteiger charge is 2.34. The van der Waals surface area contributed by atoms with Crippen LogP contribution in [0.4, 0.5) is 15.8 Å². The zero-order chi connectivity index (χ0) is 18.2. The Balaban J connectivity index is 1.93. The molecule has 25 heavy (non-hydrogen) atoms. The number of nitrogens with zero attached hydrogens (tertiary/aromatic N) is 3. The fourth-order valence-corrected chi connectivity index (χ4v) is 3.42. The fraction of sp³-hybridized carbons (Fsp3) is 0.400. The van der Waals surface area contributed by atoms with Crippen molar-refractivity contribution < 1.29 is 9.13 Å². The first-order valence-electron chi connectivity index (χ1n) is 8.43. The first-order valence-corrected chi connectivity index (χ1v) is 8.43. The molecule has 5 heteroatoms. The average molecular weight is 341 g/mol. The van der Waals surface area contributed by atoms with Crippen LogP contribution in [-0.2, 0) is 0 Å². The van der Waals surface area contributed by atoms with Gasteiger partial charge in [-0.05, 0) is 49.9 Å². The van der Waals surface area contributed by atoms with E-state index in [2.05, 4.69) is 35.6 Å². The molecular weight excluding hydrogens is 317 g/mol. The van der Waals surface area contributed by atoms with Crippen LogP contribution in [0, 0.1) is 5.82 Å². The Morgan fingerprint density at radius 3 is 2.76 bits per heavy atom. The van der Waals surface area contributed by atoms with Crippen LogP contribution in [0.15, 0.2) is 35.5 Å². The van der Waals surface area contributed by atoms with Gasteiger partial charge in [-0.25, -0.2) is 9.37 Å². The quantitative estimate of drug-likeness (QED) is 0.759. The summed E-state index contributed by atoms with van der Waals surface area (Å²) in [5.41, 5.74) is 3.30. The second kappa shape index (κ2) is 6.47. The Labute approximate surface area is 148 Å². The lowest BCUT2D eigenvalue weighted by molar-refractivity contribution is 0.394. The highest BCUT2D eigenvalue weighted by molar-refractivity contribution is 5.84. The molecule has 4 nitrogen and oxygen atoms in total. The van der Waals surface area contributed by atoms with Gasteiger partial charge in [0.1, 0.15) is 5.82 Å². The fourth-order valence-electron chi connectivity index (χ4n) is 3.42. The van der Waals surface area contributed by atoms with E-state index in [9.17, 15) is 4.39 Å². The maximum absolute atomic E-state index is 14.6. The SMILES string of the molecule is COc1ccc(N=Cc2cc3c(cc2F)N(C)C(C)(C)CC3C)cn1. The summed E-state index contributed by atoms with van der Waals surface area (Å²) in [6.45, 7) is 6.58. The van der Waals surface area contributed by atoms with Crippen LogP contribution < -0.4 is 9.64 Å². The molecule has 0 saturated heterocycles. The standard InChI is InChI=1S/C20H24FN3O/c1-13-10-20(2,3)24(4)18-9-17(21)14(8-16(13)18)11-22-15-6-7-19(25-5)23-12-15/h6-9,11-13H,10H2,1-5H3. The van der Waals surface area contributed by atoms with E-state index in [0.29, 0.717) is 23.0 Å². The van der Waals surface area contributed by atoms with Gasteiger partial charge in [0, 0.05) is 36.1 Å². The average Bonchev–Trinajstić information content (AvgIpc) is 2.58. The summed E-state index contributed by atoms with van der Waals surface area (Å²) in [5, 5.41) is 0. The third-order valence-electron chi connectivity index (χ3n) is 5.03. The van der Waals surface area contributed by atoms with Gasteiger partial charge < -0.3 is 9.64 Å². The van der Waals surface area contributed by atoms with Crippen molar-refractivity contribution in [3.05, 3.63) is 47.4 Å². The van der Waals surface area contributed by atoms with E-state index < -0.39 is 0 Å². The number of fused-ring (bicyclic) bond motifs is 1. The predicted octanol–water partition coefficient (Wildman–Crippen LogP) is 4.70. The van der Waals surface area contributed by atoms with Crippen molar-refractivity contribution in [3.63, 3.8) is 0 Å². The smallest absolute Gasteiger partial charge is 0.213 e. The van der Waals surface area contributed by atoms with E-state index in [0.717, 1.165) is 17.7 Å². The van der Waals surface area contributed by atoms with Crippen LogP contribution in [0.1, 0.15) is 44.2 Å². The number of aromatic nitrogens is 1. The van der Waals surface area contributed by atoms with Crippen molar-refractivity contribution in [1.29, 1.82) is 0 Å². The van der Waals surface area contributed by atoms with Gasteiger partial charge in [0.15, 0.2) is 0 Å². The van der Waals surface area contributed by atoms with E-state index in [1.807, 2.05) is 13.1 Å². The van der Waals surface area contributed by atoms with Crippen LogP contribution in [0.5, 0.6) is 5.88 Å². The summed E-state index contributed by atoms with van der Waals surface area (Å²) >= 11 is 0. The molecule has 0 bridgehead atoms. The molecule has 1 atom stereocenters. The van der Waals surface area contributed by atoms with Crippen LogP contribution in [0.25, 0.3) is 0 Å². The molecule has 1 aromatic heterocycles. The number of rotatable bonds is 3. The van der Waals surface area contributed by atoms with Gasteiger partial charge in [0.2, 0.25) is 5.88 Å². The van der Waals surface area contributed by atoms with Crippen LogP contribution in [-0.4, -0.2) is 30.9 Å². The number of halogens is 1. The Bertz CT molecular complexity index is 799. The van der Waals surface area contributed by atoms with Gasteiger partial charge in [-0.3, -0.25) is 4.99 Å². The van der Waals surface area contributed by atoms with Crippen molar-refractivity contribution in [2.45, 2.75) is 38.6 Å². The lowest BCUT2D eigenvalue weighted by atomic mass is 9.80. The molecule has 0 saturated carbocycles. The molecule has 3 rings (SSSR count). The third-order valence-corrected chi connectivity index (χ3v) is 5.03. The number of hydrogen-bond donors (Lipinski definition) is 0. The molecule has 0 spiro atoms. The number of aliphatic imine (C=N–C) groups is 1. The Hall–Kier alpha value is -2.43. The summed E-state index contributed by atoms with van der Waals surface area (Å²) in [6.07, 6.45) is 4.19. The highest BCUT2D eigenvalue weighted by Crippen LogP contribution is 2.43. The number of methoxy groups -OCH3 is 1. The number of hydrogen-bond acceptors (Lipinski definition) is 4. The summed E-state index contributed by atoms with van der Waals surface area (Å²) in [5.74, 6) is 0.635. The molecule has 1 aliphatic rings. The highest BCUT2D eigenvalue weighted by atomic mass is 19.1. The summed E-state index contributed by atoms with van der Waals surface area (Å²) < 4.78 is 19.6. The lowest BCUT2D eigenvalue weighted by Gasteiger charge is -2.45. The second-order valence-electron chi connectivity index (χ2n) is 7.23. The van der Waals surface area contributed by atoms with Crippen LogP contribution in [0.2, 0.25) is 0 Å². The minimum Gasteiger partial charge on any atom is -0.481 e. The Morgan fingerprint density at radius 2 is 2.12 bits per heavy atom. The van der Waals surface area contributed by atoms with E-state index >= 15 is 0 Å². The van der Waals surface area contributed by atoms with E-state index in [-0.39, 0.29) is 11.4 Å². The van der Waals surface area contributed by atoms with Crippen molar-refractivity contribution in [2.24, 2.45) is 4.99 Å². The lowest BCUT2D eigenvalue weighted by Crippen LogP contribution is -2.45. The van der Waals surface area contributed by atoms with Gasteiger partial charge in [0.25, 0.3) is 0 Å². The molecule has 0 N–H and O–H groups in total. The minimum absolute atomic E-state index is 0.0171. The first-order chi connectivity index (χ1) is 11.8. The molecule has 0 aliphatic carbocycles. The zero-order valence-corrected chi connectivity index (χ0v) is 15.4. The zero-order valence-electron chi connectivity index (χ0n) is 15.4. The third kappa shape index (κ3) is 3.36. The monoisotopic (exact) mass is 341 g/mol. The largest absolute Gasteiger partial charge is 0.481 e. The van der Waals surface area contributed by atoms with Gasteiger partial charge >= 0.3 is 0 Å². The Kier molecular flexibility index (Phi) is 4.50. The van der Waals surface area contributed by atoms with Crippen molar-refractivity contribution in [2.75, 3.05) is 19.1 Å². The maximum Gasteiger partial charge on any atom is 0.213 e. The number of anilines is 1. The number of ether oxygens (including phenoxy) is 1. The summed E-state index contributed by atoms with van der Waals surface area (Å²) in [7, 11) is 3.59. The minimum atomic E-state index is -0.263. The molecule has 0 fully saturated rings. The number of pyridine rings is 1. The van der Waals surface area contributed by atoms with Gasteiger partial charge in [-0.1, -0.05) is 6.92 Å². The summed E-state index contributed by atoms with van der Waals surface area (Å²) in [6, 6.07) is 7.06. The second-order valence-corrected chi connectivity index (χ2v) is 7.23. The molecular formula is C20H24FN3O. The van der Waals surface area contributed by atoms with Crippen molar-refractivity contribution in [3.8, 4) is 5.88 Å². The molecule has 0 amide bonds. The van der Waals surface area contributed by atoms with Gasteiger partial charge in [0.05, 0.1) is 19.0 Å².